The van der Waals surface area contributed by atoms with Crippen molar-refractivity contribution in [1.29, 1.82) is 0 Å². The molecule has 9 heteroatoms. The van der Waals surface area contributed by atoms with Gasteiger partial charge in [0.2, 0.25) is 0 Å². The molecule has 1 saturated heterocycles. The monoisotopic (exact) mass is 414 g/mol. The Morgan fingerprint density at radius 1 is 1.24 bits per heavy atom. The second-order valence-corrected chi connectivity index (χ2v) is 8.33. The van der Waals surface area contributed by atoms with Crippen LogP contribution in [-0.2, 0) is 11.4 Å². The molecule has 2 aliphatic rings. The minimum Gasteiger partial charge on any atom is -0.486 e. The number of amides is 4. The maximum absolute atomic E-state index is 12.7. The SMILES string of the molecule is Cc1ccc(OCc2nc(C(=O)NN3C(=O)NC4(CCCCC4)C3=O)cs2)cc1. The number of hydrazine groups is 1. The highest BCUT2D eigenvalue weighted by molar-refractivity contribution is 7.09. The minimum absolute atomic E-state index is 0.141. The predicted octanol–water partition coefficient (Wildman–Crippen LogP) is 2.93. The van der Waals surface area contributed by atoms with Gasteiger partial charge in [-0.1, -0.05) is 37.0 Å². The molecule has 2 N–H and O–H groups in total. The summed E-state index contributed by atoms with van der Waals surface area (Å²) in [5.41, 5.74) is 2.80. The van der Waals surface area contributed by atoms with Gasteiger partial charge in [-0.3, -0.25) is 15.0 Å². The molecule has 0 unspecified atom stereocenters. The molecule has 152 valence electrons. The van der Waals surface area contributed by atoms with Crippen LogP contribution in [-0.4, -0.2) is 33.4 Å². The standard InChI is InChI=1S/C20H22N4O4S/c1-13-5-7-14(8-6-13)28-11-16-21-15(12-29-16)17(25)23-24-18(26)20(22-19(24)27)9-3-2-4-10-20/h5-8,12H,2-4,9-11H2,1H3,(H,22,27)(H,23,25). The highest BCUT2D eigenvalue weighted by Gasteiger charge is 2.52. The Kier molecular flexibility index (Phi) is 5.23. The third-order valence-electron chi connectivity index (χ3n) is 5.25. The number of carbonyl (C=O) groups is 3. The number of nitrogens with one attached hydrogen (secondary N) is 2. The summed E-state index contributed by atoms with van der Waals surface area (Å²) in [6, 6.07) is 7.05. The minimum atomic E-state index is -0.877. The maximum Gasteiger partial charge on any atom is 0.344 e. The van der Waals surface area contributed by atoms with Crippen molar-refractivity contribution >= 4 is 29.2 Å². The zero-order chi connectivity index (χ0) is 20.4. The number of nitrogens with zero attached hydrogens (tertiary/aromatic N) is 2. The third kappa shape index (κ3) is 3.95. The molecule has 2 aromatic rings. The second-order valence-electron chi connectivity index (χ2n) is 7.38. The van der Waals surface area contributed by atoms with E-state index < -0.39 is 23.4 Å². The Morgan fingerprint density at radius 3 is 2.69 bits per heavy atom. The van der Waals surface area contributed by atoms with E-state index in [0.29, 0.717) is 23.6 Å². The van der Waals surface area contributed by atoms with E-state index in [1.807, 2.05) is 31.2 Å². The summed E-state index contributed by atoms with van der Waals surface area (Å²) in [6.07, 6.45) is 4.00. The summed E-state index contributed by atoms with van der Waals surface area (Å²) in [5, 5.41) is 5.75. The van der Waals surface area contributed by atoms with Gasteiger partial charge in [0, 0.05) is 5.38 Å². The number of thiazole rings is 1. The molecule has 1 spiro atoms. The lowest BCUT2D eigenvalue weighted by molar-refractivity contribution is -0.134. The molecule has 1 aromatic carbocycles. The molecule has 1 aliphatic heterocycles. The predicted molar refractivity (Wildman–Crippen MR) is 106 cm³/mol. The van der Waals surface area contributed by atoms with Crippen LogP contribution in [0.25, 0.3) is 0 Å². The van der Waals surface area contributed by atoms with Gasteiger partial charge in [0.25, 0.3) is 11.8 Å². The smallest absolute Gasteiger partial charge is 0.344 e. The van der Waals surface area contributed by atoms with Gasteiger partial charge in [0.05, 0.1) is 0 Å². The van der Waals surface area contributed by atoms with Gasteiger partial charge in [-0.25, -0.2) is 9.78 Å². The first kappa shape index (κ1) is 19.4. The zero-order valence-corrected chi connectivity index (χ0v) is 16.9. The number of rotatable bonds is 5. The van der Waals surface area contributed by atoms with Crippen LogP contribution in [0.1, 0.15) is 53.2 Å². The summed E-state index contributed by atoms with van der Waals surface area (Å²) in [5.74, 6) is -0.276. The van der Waals surface area contributed by atoms with Gasteiger partial charge < -0.3 is 10.1 Å². The molecule has 0 atom stereocenters. The molecule has 1 aromatic heterocycles. The van der Waals surface area contributed by atoms with Crippen LogP contribution in [0.15, 0.2) is 29.6 Å². The van der Waals surface area contributed by atoms with E-state index in [1.165, 1.54) is 11.3 Å². The van der Waals surface area contributed by atoms with Crippen molar-refractivity contribution in [2.75, 3.05) is 0 Å². The number of hydrogen-bond acceptors (Lipinski definition) is 6. The number of aryl methyl sites for hydroxylation is 1. The Labute approximate surface area is 172 Å². The van der Waals surface area contributed by atoms with Gasteiger partial charge in [0.1, 0.15) is 28.6 Å². The fourth-order valence-corrected chi connectivity index (χ4v) is 4.32. The molecular formula is C20H22N4O4S. The largest absolute Gasteiger partial charge is 0.486 e. The van der Waals surface area contributed by atoms with Crippen molar-refractivity contribution in [2.45, 2.75) is 51.2 Å². The molecule has 2 fully saturated rings. The molecule has 4 amide bonds. The second kappa shape index (κ2) is 7.82. The van der Waals surface area contributed by atoms with Gasteiger partial charge in [-0.05, 0) is 31.9 Å². The van der Waals surface area contributed by atoms with Gasteiger partial charge in [-0.15, -0.1) is 11.3 Å². The van der Waals surface area contributed by atoms with Gasteiger partial charge >= 0.3 is 6.03 Å². The number of carbonyl (C=O) groups excluding carboxylic acids is 3. The van der Waals surface area contributed by atoms with Crippen molar-refractivity contribution < 1.29 is 19.1 Å². The summed E-state index contributed by atoms with van der Waals surface area (Å²) in [7, 11) is 0. The van der Waals surface area contributed by atoms with Crippen LogP contribution in [0.3, 0.4) is 0 Å². The molecule has 0 bridgehead atoms. The van der Waals surface area contributed by atoms with Crippen LogP contribution in [0.4, 0.5) is 4.79 Å². The van der Waals surface area contributed by atoms with Crippen molar-refractivity contribution in [1.82, 2.24) is 20.7 Å². The van der Waals surface area contributed by atoms with Crippen LogP contribution < -0.4 is 15.5 Å². The van der Waals surface area contributed by atoms with Gasteiger partial charge in [-0.2, -0.15) is 5.01 Å². The lowest BCUT2D eigenvalue weighted by Crippen LogP contribution is -2.51. The van der Waals surface area contributed by atoms with E-state index >= 15 is 0 Å². The molecule has 1 saturated carbocycles. The first-order valence-corrected chi connectivity index (χ1v) is 10.5. The third-order valence-corrected chi connectivity index (χ3v) is 6.07. The first-order chi connectivity index (χ1) is 14.0. The summed E-state index contributed by atoms with van der Waals surface area (Å²) in [4.78, 5) is 41.8. The number of imide groups is 1. The topological polar surface area (TPSA) is 101 Å². The number of urea groups is 1. The molecular weight excluding hydrogens is 392 g/mol. The van der Waals surface area contributed by atoms with Crippen LogP contribution >= 0.6 is 11.3 Å². The Bertz CT molecular complexity index is 934. The van der Waals surface area contributed by atoms with E-state index in [4.69, 9.17) is 4.74 Å². The lowest BCUT2D eigenvalue weighted by atomic mass is 9.82. The highest BCUT2D eigenvalue weighted by atomic mass is 32.1. The van der Waals surface area contributed by atoms with Crippen LogP contribution in [0.5, 0.6) is 5.75 Å². The van der Waals surface area contributed by atoms with Crippen molar-refractivity contribution in [3.63, 3.8) is 0 Å². The van der Waals surface area contributed by atoms with Crippen LogP contribution in [0, 0.1) is 6.92 Å². The average Bonchev–Trinajstić information content (AvgIpc) is 3.28. The van der Waals surface area contributed by atoms with E-state index in [2.05, 4.69) is 15.7 Å². The average molecular weight is 414 g/mol. The number of benzene rings is 1. The normalized spacial score (nSPS) is 18.0. The van der Waals surface area contributed by atoms with Crippen molar-refractivity contribution in [3.05, 3.63) is 45.9 Å². The number of hydrogen-bond donors (Lipinski definition) is 2. The van der Waals surface area contributed by atoms with E-state index in [0.717, 1.165) is 29.8 Å². The number of ether oxygens (including phenoxy) is 1. The molecule has 29 heavy (non-hydrogen) atoms. The van der Waals surface area contributed by atoms with Crippen LogP contribution in [0.2, 0.25) is 0 Å². The molecule has 1 aliphatic carbocycles. The molecule has 2 heterocycles. The van der Waals surface area contributed by atoms with Crippen molar-refractivity contribution in [2.24, 2.45) is 0 Å². The first-order valence-electron chi connectivity index (χ1n) is 9.58. The maximum atomic E-state index is 12.7. The number of aromatic nitrogens is 1. The Morgan fingerprint density at radius 2 is 1.97 bits per heavy atom. The summed E-state index contributed by atoms with van der Waals surface area (Å²) in [6.45, 7) is 2.23. The molecule has 4 rings (SSSR count). The van der Waals surface area contributed by atoms with E-state index in [9.17, 15) is 14.4 Å². The van der Waals surface area contributed by atoms with Gasteiger partial charge in [0.15, 0.2) is 0 Å². The summed E-state index contributed by atoms with van der Waals surface area (Å²) >= 11 is 1.28. The van der Waals surface area contributed by atoms with Crippen molar-refractivity contribution in [3.8, 4) is 5.75 Å². The quantitative estimate of drug-likeness (QED) is 0.733. The Hall–Kier alpha value is -2.94. The van der Waals surface area contributed by atoms with E-state index in [-0.39, 0.29) is 12.3 Å². The fourth-order valence-electron chi connectivity index (χ4n) is 3.64. The summed E-state index contributed by atoms with van der Waals surface area (Å²) < 4.78 is 5.67. The molecule has 8 nitrogen and oxygen atoms in total. The Balaban J connectivity index is 1.37. The van der Waals surface area contributed by atoms with E-state index in [1.54, 1.807) is 5.38 Å². The molecule has 0 radical (unpaired) electrons. The zero-order valence-electron chi connectivity index (χ0n) is 16.1. The highest BCUT2D eigenvalue weighted by Crippen LogP contribution is 2.33. The fraction of sp³-hybridized carbons (Fsp3) is 0.400. The lowest BCUT2D eigenvalue weighted by Gasteiger charge is -2.30.